The first kappa shape index (κ1) is 14.4. The lowest BCUT2D eigenvalue weighted by Gasteiger charge is -2.12. The fourth-order valence-corrected chi connectivity index (χ4v) is 1.87. The van der Waals surface area contributed by atoms with E-state index in [4.69, 9.17) is 5.11 Å². The van der Waals surface area contributed by atoms with Crippen LogP contribution in [0.3, 0.4) is 0 Å². The van der Waals surface area contributed by atoms with Gasteiger partial charge < -0.3 is 10.4 Å². The molecule has 7 heteroatoms. The lowest BCUT2D eigenvalue weighted by Crippen LogP contribution is -2.29. The number of nitrogens with zero attached hydrogens (tertiary/aromatic N) is 2. The van der Waals surface area contributed by atoms with Crippen LogP contribution in [-0.2, 0) is 16.1 Å². The summed E-state index contributed by atoms with van der Waals surface area (Å²) in [6.07, 6.45) is 1.23. The molecule has 0 atom stereocenters. The summed E-state index contributed by atoms with van der Waals surface area (Å²) in [5.41, 5.74) is -0.0462. The minimum Gasteiger partial charge on any atom is -0.480 e. The number of hydrogen-bond donors (Lipinski definition) is 2. The fourth-order valence-electron chi connectivity index (χ4n) is 1.87. The number of amides is 1. The molecule has 0 bridgehead atoms. The topological polar surface area (TPSA) is 101 Å². The average molecular weight is 287 g/mol. The Morgan fingerprint density at radius 3 is 2.52 bits per heavy atom. The number of aliphatic carboxylic acids is 1. The van der Waals surface area contributed by atoms with Crippen LogP contribution >= 0.6 is 0 Å². The third-order valence-corrected chi connectivity index (χ3v) is 2.68. The van der Waals surface area contributed by atoms with E-state index >= 15 is 0 Å². The second kappa shape index (κ2) is 6.00. The molecule has 0 aliphatic carbocycles. The standard InChI is InChI=1S/C14H13N3O4/c1-9(18)16-11-7-15-13(10-5-3-2-4-6-10)17(14(11)21)8-12(19)20/h2-7H,8H2,1H3,(H,16,18)(H,19,20). The smallest absolute Gasteiger partial charge is 0.323 e. The number of hydrogen-bond acceptors (Lipinski definition) is 4. The highest BCUT2D eigenvalue weighted by molar-refractivity contribution is 5.88. The maximum Gasteiger partial charge on any atom is 0.323 e. The Bertz CT molecular complexity index is 738. The van der Waals surface area contributed by atoms with Crippen LogP contribution in [-0.4, -0.2) is 26.5 Å². The lowest BCUT2D eigenvalue weighted by molar-refractivity contribution is -0.137. The minimum atomic E-state index is -1.17. The second-order valence-corrected chi connectivity index (χ2v) is 4.33. The molecule has 2 rings (SSSR count). The highest BCUT2D eigenvalue weighted by Crippen LogP contribution is 2.16. The van der Waals surface area contributed by atoms with Crippen molar-refractivity contribution < 1.29 is 14.7 Å². The summed E-state index contributed by atoms with van der Waals surface area (Å²) >= 11 is 0. The van der Waals surface area contributed by atoms with Crippen molar-refractivity contribution in [3.63, 3.8) is 0 Å². The molecule has 7 nitrogen and oxygen atoms in total. The molecule has 0 saturated heterocycles. The molecule has 21 heavy (non-hydrogen) atoms. The van der Waals surface area contributed by atoms with Gasteiger partial charge in [0, 0.05) is 12.5 Å². The van der Waals surface area contributed by atoms with Crippen molar-refractivity contribution in [1.29, 1.82) is 0 Å². The van der Waals surface area contributed by atoms with Gasteiger partial charge in [0.15, 0.2) is 0 Å². The quantitative estimate of drug-likeness (QED) is 0.872. The van der Waals surface area contributed by atoms with Gasteiger partial charge in [-0.15, -0.1) is 0 Å². The molecule has 1 aromatic carbocycles. The van der Waals surface area contributed by atoms with E-state index < -0.39 is 24.0 Å². The molecule has 0 unspecified atom stereocenters. The van der Waals surface area contributed by atoms with Crippen LogP contribution in [0.25, 0.3) is 11.4 Å². The van der Waals surface area contributed by atoms with E-state index in [0.29, 0.717) is 5.56 Å². The van der Waals surface area contributed by atoms with E-state index in [9.17, 15) is 14.4 Å². The van der Waals surface area contributed by atoms with Crippen molar-refractivity contribution >= 4 is 17.6 Å². The van der Waals surface area contributed by atoms with Crippen LogP contribution in [0.15, 0.2) is 41.3 Å². The van der Waals surface area contributed by atoms with Crippen LogP contribution in [0, 0.1) is 0 Å². The highest BCUT2D eigenvalue weighted by Gasteiger charge is 2.14. The maximum atomic E-state index is 12.3. The van der Waals surface area contributed by atoms with Crippen molar-refractivity contribution in [3.05, 3.63) is 46.9 Å². The summed E-state index contributed by atoms with van der Waals surface area (Å²) in [5.74, 6) is -1.36. The van der Waals surface area contributed by atoms with Gasteiger partial charge in [0.25, 0.3) is 5.56 Å². The Morgan fingerprint density at radius 1 is 1.29 bits per heavy atom. The zero-order chi connectivity index (χ0) is 15.4. The molecular formula is C14H13N3O4. The highest BCUT2D eigenvalue weighted by atomic mass is 16.4. The van der Waals surface area contributed by atoms with E-state index in [1.165, 1.54) is 13.1 Å². The summed E-state index contributed by atoms with van der Waals surface area (Å²) in [6.45, 7) is 0.718. The number of anilines is 1. The zero-order valence-corrected chi connectivity index (χ0v) is 11.2. The number of rotatable bonds is 4. The Morgan fingerprint density at radius 2 is 1.95 bits per heavy atom. The van der Waals surface area contributed by atoms with Crippen LogP contribution < -0.4 is 10.9 Å². The molecule has 2 N–H and O–H groups in total. The van der Waals surface area contributed by atoms with Crippen molar-refractivity contribution in [2.45, 2.75) is 13.5 Å². The van der Waals surface area contributed by atoms with E-state index in [1.54, 1.807) is 30.3 Å². The number of aromatic nitrogens is 2. The molecular weight excluding hydrogens is 274 g/mol. The molecule has 108 valence electrons. The molecule has 2 aromatic rings. The summed E-state index contributed by atoms with van der Waals surface area (Å²) in [6, 6.07) is 8.76. The molecule has 0 fully saturated rings. The number of carbonyl (C=O) groups excluding carboxylic acids is 1. The predicted molar refractivity (Wildman–Crippen MR) is 75.9 cm³/mol. The maximum absolute atomic E-state index is 12.3. The van der Waals surface area contributed by atoms with Gasteiger partial charge in [-0.25, -0.2) is 4.98 Å². The van der Waals surface area contributed by atoms with Gasteiger partial charge >= 0.3 is 5.97 Å². The first-order valence-electron chi connectivity index (χ1n) is 6.13. The molecule has 0 saturated carbocycles. The SMILES string of the molecule is CC(=O)Nc1cnc(-c2ccccc2)n(CC(=O)O)c1=O. The first-order chi connectivity index (χ1) is 9.99. The summed E-state index contributed by atoms with van der Waals surface area (Å²) in [5, 5.41) is 11.3. The molecule has 0 spiro atoms. The van der Waals surface area contributed by atoms with Crippen LogP contribution in [0.4, 0.5) is 5.69 Å². The first-order valence-corrected chi connectivity index (χ1v) is 6.13. The van der Waals surface area contributed by atoms with Gasteiger partial charge in [0.2, 0.25) is 5.91 Å². The Balaban J connectivity index is 2.60. The Labute approximate surface area is 119 Å². The summed E-state index contributed by atoms with van der Waals surface area (Å²) < 4.78 is 1.02. The molecule has 0 radical (unpaired) electrons. The second-order valence-electron chi connectivity index (χ2n) is 4.33. The predicted octanol–water partition coefficient (Wildman–Crippen LogP) is 0.953. The van der Waals surface area contributed by atoms with Gasteiger partial charge in [-0.3, -0.25) is 19.0 Å². The van der Waals surface area contributed by atoms with Crippen molar-refractivity contribution in [2.24, 2.45) is 0 Å². The van der Waals surface area contributed by atoms with E-state index in [-0.39, 0.29) is 11.5 Å². The van der Waals surface area contributed by atoms with Gasteiger partial charge in [0.05, 0.1) is 6.20 Å². The zero-order valence-electron chi connectivity index (χ0n) is 11.2. The Kier molecular flexibility index (Phi) is 4.13. The van der Waals surface area contributed by atoms with Gasteiger partial charge in [0.1, 0.15) is 18.1 Å². The summed E-state index contributed by atoms with van der Waals surface area (Å²) in [4.78, 5) is 38.4. The third-order valence-electron chi connectivity index (χ3n) is 2.68. The van der Waals surface area contributed by atoms with E-state index in [0.717, 1.165) is 4.57 Å². The molecule has 1 heterocycles. The monoisotopic (exact) mass is 287 g/mol. The lowest BCUT2D eigenvalue weighted by atomic mass is 10.2. The summed E-state index contributed by atoms with van der Waals surface area (Å²) in [7, 11) is 0. The third kappa shape index (κ3) is 3.33. The number of carboxylic acid groups (broad SMARTS) is 1. The molecule has 0 aliphatic rings. The van der Waals surface area contributed by atoms with Gasteiger partial charge in [-0.1, -0.05) is 30.3 Å². The van der Waals surface area contributed by atoms with Crippen molar-refractivity contribution in [2.75, 3.05) is 5.32 Å². The van der Waals surface area contributed by atoms with E-state index in [1.807, 2.05) is 0 Å². The van der Waals surface area contributed by atoms with Crippen LogP contribution in [0.5, 0.6) is 0 Å². The Hall–Kier alpha value is -2.96. The normalized spacial score (nSPS) is 10.1. The van der Waals surface area contributed by atoms with Crippen LogP contribution in [0.1, 0.15) is 6.92 Å². The minimum absolute atomic E-state index is 0.0524. The van der Waals surface area contributed by atoms with Crippen LogP contribution in [0.2, 0.25) is 0 Å². The molecule has 0 aliphatic heterocycles. The number of carbonyl (C=O) groups is 2. The van der Waals surface area contributed by atoms with Crippen molar-refractivity contribution in [1.82, 2.24) is 9.55 Å². The molecule has 1 aromatic heterocycles. The van der Waals surface area contributed by atoms with Crippen molar-refractivity contribution in [3.8, 4) is 11.4 Å². The average Bonchev–Trinajstić information content (AvgIpc) is 2.43. The van der Waals surface area contributed by atoms with Gasteiger partial charge in [-0.2, -0.15) is 0 Å². The number of nitrogens with one attached hydrogen (secondary N) is 1. The van der Waals surface area contributed by atoms with Gasteiger partial charge in [-0.05, 0) is 0 Å². The molecule has 1 amide bonds. The van der Waals surface area contributed by atoms with E-state index in [2.05, 4.69) is 10.3 Å². The largest absolute Gasteiger partial charge is 0.480 e. The number of carboxylic acids is 1. The fraction of sp³-hybridized carbons (Fsp3) is 0.143. The number of benzene rings is 1.